The Morgan fingerprint density at radius 1 is 1.05 bits per heavy atom. The molecule has 0 bridgehead atoms. The van der Waals surface area contributed by atoms with Crippen LogP contribution in [0.15, 0.2) is 30.3 Å². The summed E-state index contributed by atoms with van der Waals surface area (Å²) in [5.41, 5.74) is 5.88. The van der Waals surface area contributed by atoms with Crippen LogP contribution in [0.2, 0.25) is 0 Å². The highest BCUT2D eigenvalue weighted by Gasteiger charge is 2.43. The van der Waals surface area contributed by atoms with Gasteiger partial charge in [0.25, 0.3) is 0 Å². The van der Waals surface area contributed by atoms with E-state index in [-0.39, 0.29) is 5.41 Å². The molecule has 3 rings (SSSR count). The van der Waals surface area contributed by atoms with Crippen LogP contribution in [0.4, 0.5) is 5.69 Å². The molecule has 1 nitrogen and oxygen atoms in total. The van der Waals surface area contributed by atoms with E-state index in [0.717, 1.165) is 6.54 Å². The molecule has 1 heterocycles. The monoisotopic (exact) mass is 280 g/mol. The number of nitrogens with zero attached hydrogens (tertiary/aromatic N) is 1. The second kappa shape index (κ2) is 4.98. The minimum atomic E-state index is 0.121. The molecular weight excluding hydrogens is 254 g/mol. The number of unbranched alkanes of at least 4 members (excludes halogenated alkanes) is 1. The maximum Gasteiger partial charge on any atom is 0.210 e. The van der Waals surface area contributed by atoms with E-state index >= 15 is 0 Å². The Labute approximate surface area is 128 Å². The second-order valence-electron chi connectivity index (χ2n) is 6.90. The molecule has 0 amide bonds. The molecule has 1 aliphatic heterocycles. The smallest absolute Gasteiger partial charge is 0.199 e. The molecule has 0 atom stereocenters. The molecule has 0 fully saturated rings. The molecule has 1 heteroatoms. The van der Waals surface area contributed by atoms with Crippen LogP contribution in [-0.2, 0) is 5.41 Å². The molecule has 0 radical (unpaired) electrons. The number of fused-ring (bicyclic) bond motifs is 3. The zero-order valence-electron chi connectivity index (χ0n) is 14.0. The largest absolute Gasteiger partial charge is 0.210 e. The first-order valence-corrected chi connectivity index (χ1v) is 8.12. The molecule has 1 aliphatic rings. The third-order valence-corrected chi connectivity index (χ3v) is 5.12. The first-order valence-electron chi connectivity index (χ1n) is 8.12. The van der Waals surface area contributed by atoms with E-state index in [4.69, 9.17) is 0 Å². The minimum Gasteiger partial charge on any atom is -0.199 e. The Hall–Kier alpha value is -1.63. The standard InChI is InChI=1S/C20H26N/c1-6-7-12-21-15(3)20(4,5)19-17-13-14(2)8-9-16(17)10-11-18(19)21/h8-11,13H,6-7,12H2,1-5H3/q+1. The molecule has 0 unspecified atom stereocenters. The van der Waals surface area contributed by atoms with E-state index in [2.05, 4.69) is 69.5 Å². The Morgan fingerprint density at radius 3 is 2.48 bits per heavy atom. The number of hydrogen-bond acceptors (Lipinski definition) is 0. The van der Waals surface area contributed by atoms with Crippen LogP contribution >= 0.6 is 0 Å². The van der Waals surface area contributed by atoms with Gasteiger partial charge in [0, 0.05) is 25.0 Å². The maximum absolute atomic E-state index is 2.54. The predicted octanol–water partition coefficient (Wildman–Crippen LogP) is 5.34. The Balaban J connectivity index is 2.27. The van der Waals surface area contributed by atoms with Crippen LogP contribution in [0.1, 0.15) is 51.7 Å². The van der Waals surface area contributed by atoms with E-state index in [9.17, 15) is 0 Å². The van der Waals surface area contributed by atoms with Gasteiger partial charge in [-0.1, -0.05) is 37.1 Å². The number of benzene rings is 2. The lowest BCUT2D eigenvalue weighted by molar-refractivity contribution is -0.439. The van der Waals surface area contributed by atoms with Crippen molar-refractivity contribution in [1.29, 1.82) is 0 Å². The number of hydrogen-bond donors (Lipinski definition) is 0. The Morgan fingerprint density at radius 2 is 1.76 bits per heavy atom. The molecule has 0 saturated heterocycles. The molecular formula is C20H26N+. The first-order chi connectivity index (χ1) is 9.96. The summed E-state index contributed by atoms with van der Waals surface area (Å²) in [5.74, 6) is 0. The fourth-order valence-corrected chi connectivity index (χ4v) is 3.61. The topological polar surface area (TPSA) is 3.01 Å². The summed E-state index contributed by atoms with van der Waals surface area (Å²) in [6.07, 6.45) is 2.49. The lowest BCUT2D eigenvalue weighted by Crippen LogP contribution is -2.26. The van der Waals surface area contributed by atoms with Crippen molar-refractivity contribution < 1.29 is 4.58 Å². The zero-order valence-corrected chi connectivity index (χ0v) is 14.0. The van der Waals surface area contributed by atoms with Gasteiger partial charge in [-0.05, 0) is 37.6 Å². The van der Waals surface area contributed by atoms with Gasteiger partial charge in [-0.2, -0.15) is 4.58 Å². The van der Waals surface area contributed by atoms with Crippen LogP contribution in [-0.4, -0.2) is 16.8 Å². The quantitative estimate of drug-likeness (QED) is 0.667. The SMILES string of the molecule is CCCC[N+]1=C(C)C(C)(C)c2c1ccc1ccc(C)cc21. The van der Waals surface area contributed by atoms with Gasteiger partial charge in [0.15, 0.2) is 5.71 Å². The summed E-state index contributed by atoms with van der Waals surface area (Å²) in [6, 6.07) is 11.4. The van der Waals surface area contributed by atoms with E-state index < -0.39 is 0 Å². The highest BCUT2D eigenvalue weighted by atomic mass is 15.1. The fraction of sp³-hybridized carbons (Fsp3) is 0.450. The van der Waals surface area contributed by atoms with Crippen molar-refractivity contribution in [3.8, 4) is 0 Å². The van der Waals surface area contributed by atoms with Gasteiger partial charge in [-0.25, -0.2) is 0 Å². The summed E-state index contributed by atoms with van der Waals surface area (Å²) in [5, 5.41) is 2.79. The van der Waals surface area contributed by atoms with E-state index in [0.29, 0.717) is 0 Å². The highest BCUT2D eigenvalue weighted by Crippen LogP contribution is 2.44. The summed E-state index contributed by atoms with van der Waals surface area (Å²) in [6.45, 7) is 12.6. The van der Waals surface area contributed by atoms with Crippen molar-refractivity contribution in [3.05, 3.63) is 41.5 Å². The van der Waals surface area contributed by atoms with Crippen LogP contribution in [0, 0.1) is 6.92 Å². The lowest BCUT2D eigenvalue weighted by Gasteiger charge is -2.17. The lowest BCUT2D eigenvalue weighted by atomic mass is 9.79. The van der Waals surface area contributed by atoms with E-state index in [1.807, 2.05) is 0 Å². The van der Waals surface area contributed by atoms with Crippen molar-refractivity contribution in [1.82, 2.24) is 0 Å². The van der Waals surface area contributed by atoms with Crippen LogP contribution in [0.3, 0.4) is 0 Å². The van der Waals surface area contributed by atoms with Gasteiger partial charge < -0.3 is 0 Å². The molecule has 0 aromatic heterocycles. The Kier molecular flexibility index (Phi) is 3.39. The molecule has 0 N–H and O–H groups in total. The third-order valence-electron chi connectivity index (χ3n) is 5.12. The summed E-state index contributed by atoms with van der Waals surface area (Å²) < 4.78 is 2.54. The summed E-state index contributed by atoms with van der Waals surface area (Å²) >= 11 is 0. The van der Waals surface area contributed by atoms with E-state index in [1.165, 1.54) is 46.1 Å². The van der Waals surface area contributed by atoms with Crippen molar-refractivity contribution in [2.75, 3.05) is 6.54 Å². The fourth-order valence-electron chi connectivity index (χ4n) is 3.61. The molecule has 110 valence electrons. The van der Waals surface area contributed by atoms with Crippen LogP contribution < -0.4 is 0 Å². The zero-order chi connectivity index (χ0) is 15.2. The highest BCUT2D eigenvalue weighted by molar-refractivity contribution is 6.01. The van der Waals surface area contributed by atoms with Gasteiger partial charge in [0.2, 0.25) is 5.69 Å². The van der Waals surface area contributed by atoms with Crippen molar-refractivity contribution in [2.24, 2.45) is 0 Å². The van der Waals surface area contributed by atoms with Gasteiger partial charge in [0.05, 0.1) is 5.41 Å². The number of aryl methyl sites for hydroxylation is 1. The number of rotatable bonds is 3. The molecule has 2 aromatic carbocycles. The van der Waals surface area contributed by atoms with Crippen LogP contribution in [0.5, 0.6) is 0 Å². The van der Waals surface area contributed by atoms with Crippen molar-refractivity contribution in [2.45, 2.75) is 52.9 Å². The van der Waals surface area contributed by atoms with Gasteiger partial charge >= 0.3 is 0 Å². The van der Waals surface area contributed by atoms with Crippen molar-refractivity contribution in [3.63, 3.8) is 0 Å². The van der Waals surface area contributed by atoms with Crippen molar-refractivity contribution >= 4 is 22.2 Å². The van der Waals surface area contributed by atoms with Crippen LogP contribution in [0.25, 0.3) is 10.8 Å². The third kappa shape index (κ3) is 2.10. The van der Waals surface area contributed by atoms with Gasteiger partial charge in [-0.15, -0.1) is 0 Å². The normalized spacial score (nSPS) is 16.6. The second-order valence-corrected chi connectivity index (χ2v) is 6.90. The predicted molar refractivity (Wildman–Crippen MR) is 92.1 cm³/mol. The van der Waals surface area contributed by atoms with E-state index in [1.54, 1.807) is 0 Å². The average Bonchev–Trinajstić information content (AvgIpc) is 2.65. The molecule has 0 spiro atoms. The minimum absolute atomic E-state index is 0.121. The Bertz CT molecular complexity index is 735. The molecule has 21 heavy (non-hydrogen) atoms. The first kappa shape index (κ1) is 14.3. The molecule has 0 saturated carbocycles. The molecule has 0 aliphatic carbocycles. The summed E-state index contributed by atoms with van der Waals surface area (Å²) in [7, 11) is 0. The summed E-state index contributed by atoms with van der Waals surface area (Å²) in [4.78, 5) is 0. The van der Waals surface area contributed by atoms with Gasteiger partial charge in [-0.3, -0.25) is 0 Å². The van der Waals surface area contributed by atoms with Gasteiger partial charge in [0.1, 0.15) is 6.54 Å². The maximum atomic E-state index is 2.54. The average molecular weight is 280 g/mol. The molecule has 2 aromatic rings.